The smallest absolute Gasteiger partial charge is 0.276 e. The van der Waals surface area contributed by atoms with Gasteiger partial charge in [0, 0.05) is 29.2 Å². The van der Waals surface area contributed by atoms with Crippen molar-refractivity contribution in [2.24, 2.45) is 0 Å². The summed E-state index contributed by atoms with van der Waals surface area (Å²) >= 11 is 1.70. The first-order valence-corrected chi connectivity index (χ1v) is 9.99. The maximum Gasteiger partial charge on any atom is 0.276 e. The average molecular weight is 385 g/mol. The van der Waals surface area contributed by atoms with Crippen molar-refractivity contribution in [3.05, 3.63) is 52.7 Å². The number of benzene rings is 1. The maximum absolute atomic E-state index is 12.7. The molecule has 1 saturated heterocycles. The van der Waals surface area contributed by atoms with Crippen molar-refractivity contribution < 1.29 is 14.4 Å². The lowest BCUT2D eigenvalue weighted by Crippen LogP contribution is -2.37. The van der Waals surface area contributed by atoms with Crippen molar-refractivity contribution in [3.63, 3.8) is 0 Å². The number of hydrogen-bond acceptors (Lipinski definition) is 6. The lowest BCUT2D eigenvalue weighted by Gasteiger charge is -2.28. The lowest BCUT2D eigenvalue weighted by atomic mass is 10.1. The molecule has 7 heteroatoms. The van der Waals surface area contributed by atoms with Crippen molar-refractivity contribution in [1.82, 2.24) is 15.0 Å². The first-order chi connectivity index (χ1) is 13.1. The molecule has 1 amide bonds. The van der Waals surface area contributed by atoms with Gasteiger partial charge in [0.1, 0.15) is 0 Å². The van der Waals surface area contributed by atoms with Crippen molar-refractivity contribution in [3.8, 4) is 0 Å². The molecule has 0 radical (unpaired) electrons. The van der Waals surface area contributed by atoms with Gasteiger partial charge >= 0.3 is 0 Å². The number of nitrogens with zero attached hydrogens (tertiary/aromatic N) is 3. The summed E-state index contributed by atoms with van der Waals surface area (Å²) in [6.07, 6.45) is 1.54. The highest BCUT2D eigenvalue weighted by Gasteiger charge is 2.22. The fraction of sp³-hybridized carbons (Fsp3) is 0.400. The van der Waals surface area contributed by atoms with E-state index < -0.39 is 0 Å². The highest BCUT2D eigenvalue weighted by atomic mass is 32.1. The Morgan fingerprint density at radius 2 is 2.26 bits per heavy atom. The molecule has 1 fully saturated rings. The molecule has 3 heterocycles. The number of fused-ring (bicyclic) bond motifs is 1. The zero-order valence-electron chi connectivity index (χ0n) is 15.3. The monoisotopic (exact) mass is 385 g/mol. The van der Waals surface area contributed by atoms with Crippen LogP contribution in [0.3, 0.4) is 0 Å². The van der Waals surface area contributed by atoms with Gasteiger partial charge < -0.3 is 14.5 Å². The van der Waals surface area contributed by atoms with Crippen molar-refractivity contribution >= 4 is 27.3 Å². The molecule has 1 aliphatic heterocycles. The van der Waals surface area contributed by atoms with E-state index in [0.717, 1.165) is 24.3 Å². The highest BCUT2D eigenvalue weighted by Crippen LogP contribution is 2.26. The van der Waals surface area contributed by atoms with Crippen molar-refractivity contribution in [2.75, 3.05) is 20.1 Å². The number of β-amino-alcohol motifs (C(OH)–C–C–N with tert-alkyl or cyclic N) is 1. The van der Waals surface area contributed by atoms with Crippen LogP contribution >= 0.6 is 11.3 Å². The van der Waals surface area contributed by atoms with Crippen LogP contribution in [0, 0.1) is 0 Å². The van der Waals surface area contributed by atoms with E-state index in [1.54, 1.807) is 29.4 Å². The average Bonchev–Trinajstić information content (AvgIpc) is 3.27. The number of amides is 1. The van der Waals surface area contributed by atoms with Crippen LogP contribution in [-0.2, 0) is 13.1 Å². The number of rotatable bonds is 5. The minimum Gasteiger partial charge on any atom is -0.392 e. The van der Waals surface area contributed by atoms with E-state index in [1.807, 2.05) is 12.1 Å². The lowest BCUT2D eigenvalue weighted by molar-refractivity contribution is 0.0622. The van der Waals surface area contributed by atoms with Gasteiger partial charge in [-0.2, -0.15) is 0 Å². The molecular weight excluding hydrogens is 362 g/mol. The molecular formula is C20H23N3O3S. The number of likely N-dealkylation sites (tertiary alicyclic amines) is 1. The van der Waals surface area contributed by atoms with E-state index in [1.165, 1.54) is 10.1 Å². The first kappa shape index (κ1) is 18.2. The van der Waals surface area contributed by atoms with Crippen LogP contribution in [-0.4, -0.2) is 52.2 Å². The first-order valence-electron chi connectivity index (χ1n) is 9.17. The van der Waals surface area contributed by atoms with Gasteiger partial charge in [0.2, 0.25) is 0 Å². The van der Waals surface area contributed by atoms with Crippen LogP contribution in [0.5, 0.6) is 0 Å². The van der Waals surface area contributed by atoms with E-state index >= 15 is 0 Å². The summed E-state index contributed by atoms with van der Waals surface area (Å²) in [5, 5.41) is 14.9. The molecule has 1 aliphatic rings. The third-order valence-corrected chi connectivity index (χ3v) is 5.96. The van der Waals surface area contributed by atoms with E-state index in [-0.39, 0.29) is 12.0 Å². The Labute approximate surface area is 162 Å². The van der Waals surface area contributed by atoms with Crippen LogP contribution in [0.4, 0.5) is 0 Å². The molecule has 0 saturated carbocycles. The Hall–Kier alpha value is -2.22. The molecule has 2 aromatic heterocycles. The van der Waals surface area contributed by atoms with E-state index in [2.05, 4.69) is 28.3 Å². The SMILES string of the molecule is CN(Cc1cc2ccccc2s1)C(=O)c1cc(CN2CCC[C@H](O)C2)on1. The number of aliphatic hydroxyl groups is 1. The number of carbonyl (C=O) groups excluding carboxylic acids is 1. The molecule has 27 heavy (non-hydrogen) atoms. The number of piperidine rings is 1. The van der Waals surface area contributed by atoms with Gasteiger partial charge in [-0.1, -0.05) is 23.4 Å². The summed E-state index contributed by atoms with van der Waals surface area (Å²) in [5.41, 5.74) is 0.325. The Balaban J connectivity index is 1.39. The van der Waals surface area contributed by atoms with Crippen molar-refractivity contribution in [2.45, 2.75) is 32.0 Å². The number of carbonyl (C=O) groups is 1. The fourth-order valence-corrected chi connectivity index (χ4v) is 4.62. The summed E-state index contributed by atoms with van der Waals surface area (Å²) in [7, 11) is 1.78. The Kier molecular flexibility index (Phi) is 5.24. The van der Waals surface area contributed by atoms with Crippen LogP contribution in [0.25, 0.3) is 10.1 Å². The minimum atomic E-state index is -0.282. The van der Waals surface area contributed by atoms with Crippen LogP contribution in [0.15, 0.2) is 40.9 Å². The predicted octanol–water partition coefficient (Wildman–Crippen LogP) is 3.12. The highest BCUT2D eigenvalue weighted by molar-refractivity contribution is 7.19. The fourth-order valence-electron chi connectivity index (χ4n) is 3.50. The zero-order chi connectivity index (χ0) is 18.8. The summed E-state index contributed by atoms with van der Waals surface area (Å²) < 4.78 is 6.58. The van der Waals surface area contributed by atoms with E-state index in [4.69, 9.17) is 4.52 Å². The molecule has 0 bridgehead atoms. The Morgan fingerprint density at radius 3 is 3.07 bits per heavy atom. The standard InChI is InChI=1S/C20H23N3O3S/c1-22(13-17-9-14-5-2-3-7-19(14)27-17)20(25)18-10-16(26-21-18)12-23-8-4-6-15(24)11-23/h2-3,5,7,9-10,15,24H,4,6,8,11-13H2,1H3/t15-/m0/s1. The Morgan fingerprint density at radius 1 is 1.41 bits per heavy atom. The normalized spacial score (nSPS) is 18.1. The zero-order valence-corrected chi connectivity index (χ0v) is 16.1. The molecule has 6 nitrogen and oxygen atoms in total. The quantitative estimate of drug-likeness (QED) is 0.731. The molecule has 3 aromatic rings. The molecule has 1 atom stereocenters. The third kappa shape index (κ3) is 4.21. The summed E-state index contributed by atoms with van der Waals surface area (Å²) in [5.74, 6) is 0.504. The van der Waals surface area contributed by atoms with Crippen LogP contribution in [0.1, 0.15) is 34.0 Å². The second kappa shape index (κ2) is 7.80. The third-order valence-electron chi connectivity index (χ3n) is 4.85. The van der Waals surface area contributed by atoms with Gasteiger partial charge in [0.05, 0.1) is 19.2 Å². The second-order valence-corrected chi connectivity index (χ2v) is 8.29. The Bertz CT molecular complexity index is 902. The minimum absolute atomic E-state index is 0.152. The van der Waals surface area contributed by atoms with Crippen molar-refractivity contribution in [1.29, 1.82) is 0 Å². The van der Waals surface area contributed by atoms with Crippen LogP contribution < -0.4 is 0 Å². The van der Waals surface area contributed by atoms with Gasteiger partial charge in [-0.25, -0.2) is 0 Å². The molecule has 0 aliphatic carbocycles. The largest absolute Gasteiger partial charge is 0.392 e. The number of thiophene rings is 1. The molecule has 1 aromatic carbocycles. The molecule has 1 N–H and O–H groups in total. The molecule has 4 rings (SSSR count). The number of hydrogen-bond donors (Lipinski definition) is 1. The maximum atomic E-state index is 12.7. The van der Waals surface area contributed by atoms with Gasteiger partial charge in [0.25, 0.3) is 5.91 Å². The molecule has 142 valence electrons. The topological polar surface area (TPSA) is 69.8 Å². The van der Waals surface area contributed by atoms with Gasteiger partial charge in [-0.05, 0) is 36.9 Å². The number of aliphatic hydroxyl groups excluding tert-OH is 1. The van der Waals surface area contributed by atoms with E-state index in [9.17, 15) is 9.90 Å². The summed E-state index contributed by atoms with van der Waals surface area (Å²) in [4.78, 5) is 17.6. The second-order valence-electron chi connectivity index (χ2n) is 7.12. The van der Waals surface area contributed by atoms with Gasteiger partial charge in [-0.3, -0.25) is 9.69 Å². The van der Waals surface area contributed by atoms with Gasteiger partial charge in [-0.15, -0.1) is 11.3 Å². The van der Waals surface area contributed by atoms with E-state index in [0.29, 0.717) is 31.1 Å². The van der Waals surface area contributed by atoms with Crippen LogP contribution in [0.2, 0.25) is 0 Å². The molecule has 0 unspecified atom stereocenters. The predicted molar refractivity (Wildman–Crippen MR) is 105 cm³/mol. The summed E-state index contributed by atoms with van der Waals surface area (Å²) in [6.45, 7) is 2.67. The summed E-state index contributed by atoms with van der Waals surface area (Å²) in [6, 6.07) is 12.1. The number of aromatic nitrogens is 1. The van der Waals surface area contributed by atoms with Gasteiger partial charge in [0.15, 0.2) is 11.5 Å². The molecule has 0 spiro atoms.